The van der Waals surface area contributed by atoms with Crippen LogP contribution in [0.3, 0.4) is 0 Å². The molecular formula is C14H18ClNO3. The van der Waals surface area contributed by atoms with E-state index in [2.05, 4.69) is 5.32 Å². The summed E-state index contributed by atoms with van der Waals surface area (Å²) in [4.78, 5) is 11.9. The summed E-state index contributed by atoms with van der Waals surface area (Å²) in [6.07, 6.45) is 3.41. The van der Waals surface area contributed by atoms with Crippen LogP contribution in [0.1, 0.15) is 36.0 Å². The van der Waals surface area contributed by atoms with E-state index in [9.17, 15) is 15.0 Å². The van der Waals surface area contributed by atoms with Crippen LogP contribution in [0.5, 0.6) is 5.75 Å². The van der Waals surface area contributed by atoms with Gasteiger partial charge < -0.3 is 15.5 Å². The monoisotopic (exact) mass is 283 g/mol. The van der Waals surface area contributed by atoms with Gasteiger partial charge in [0.15, 0.2) is 0 Å². The fourth-order valence-electron chi connectivity index (χ4n) is 2.44. The number of rotatable bonds is 3. The molecule has 1 fully saturated rings. The van der Waals surface area contributed by atoms with Gasteiger partial charge in [-0.1, -0.05) is 18.0 Å². The van der Waals surface area contributed by atoms with Gasteiger partial charge in [0.05, 0.1) is 11.1 Å². The number of aliphatic hydroxyl groups excluding tert-OH is 1. The molecule has 2 rings (SSSR count). The molecule has 2 unspecified atom stereocenters. The average molecular weight is 284 g/mol. The van der Waals surface area contributed by atoms with E-state index in [0.717, 1.165) is 25.7 Å². The Labute approximate surface area is 117 Å². The van der Waals surface area contributed by atoms with Crippen molar-refractivity contribution in [1.29, 1.82) is 0 Å². The van der Waals surface area contributed by atoms with Crippen molar-refractivity contribution in [3.8, 4) is 5.75 Å². The van der Waals surface area contributed by atoms with Crippen LogP contribution >= 0.6 is 11.6 Å². The Morgan fingerprint density at radius 3 is 2.89 bits per heavy atom. The number of aromatic hydroxyl groups is 1. The van der Waals surface area contributed by atoms with Gasteiger partial charge in [0.25, 0.3) is 5.91 Å². The van der Waals surface area contributed by atoms with Crippen LogP contribution in [-0.2, 0) is 0 Å². The molecule has 1 aliphatic carbocycles. The number of amides is 1. The highest BCUT2D eigenvalue weighted by atomic mass is 35.5. The largest absolute Gasteiger partial charge is 0.506 e. The topological polar surface area (TPSA) is 69.6 Å². The molecule has 0 spiro atoms. The number of carbonyl (C=O) groups is 1. The molecule has 2 atom stereocenters. The van der Waals surface area contributed by atoms with E-state index >= 15 is 0 Å². The summed E-state index contributed by atoms with van der Waals surface area (Å²) in [6, 6.07) is 4.38. The van der Waals surface area contributed by atoms with Gasteiger partial charge in [0.1, 0.15) is 5.75 Å². The number of aliphatic hydroxyl groups is 1. The summed E-state index contributed by atoms with van der Waals surface area (Å²) in [5.74, 6) is 0.0934. The van der Waals surface area contributed by atoms with Gasteiger partial charge in [0.2, 0.25) is 0 Å². The standard InChI is InChI=1S/C14H18ClNO3/c15-12-7-10(4-5-13(12)18)14(19)16-8-9-2-1-3-11(17)6-9/h4-5,7,9,11,17-18H,1-3,6,8H2,(H,16,19). The van der Waals surface area contributed by atoms with Crippen LogP contribution in [0.4, 0.5) is 0 Å². The first-order valence-corrected chi connectivity index (χ1v) is 6.89. The van der Waals surface area contributed by atoms with Gasteiger partial charge in [-0.2, -0.15) is 0 Å². The summed E-state index contributed by atoms with van der Waals surface area (Å²) in [7, 11) is 0. The number of carbonyl (C=O) groups excluding carboxylic acids is 1. The molecule has 0 aromatic heterocycles. The van der Waals surface area contributed by atoms with Crippen molar-refractivity contribution < 1.29 is 15.0 Å². The van der Waals surface area contributed by atoms with Crippen molar-refractivity contribution in [3.63, 3.8) is 0 Å². The quantitative estimate of drug-likeness (QED) is 0.797. The molecule has 104 valence electrons. The minimum atomic E-state index is -0.237. The fourth-order valence-corrected chi connectivity index (χ4v) is 2.62. The molecule has 1 aliphatic rings. The van der Waals surface area contributed by atoms with Crippen molar-refractivity contribution in [2.75, 3.05) is 6.54 Å². The summed E-state index contributed by atoms with van der Waals surface area (Å²) in [5, 5.41) is 21.9. The Bertz CT molecular complexity index is 464. The number of nitrogens with one attached hydrogen (secondary N) is 1. The lowest BCUT2D eigenvalue weighted by atomic mass is 9.87. The Hall–Kier alpha value is -1.26. The molecule has 0 radical (unpaired) electrons. The average Bonchev–Trinajstić information content (AvgIpc) is 2.39. The van der Waals surface area contributed by atoms with E-state index in [-0.39, 0.29) is 22.8 Å². The summed E-state index contributed by atoms with van der Waals surface area (Å²) in [6.45, 7) is 0.564. The van der Waals surface area contributed by atoms with E-state index in [4.69, 9.17) is 11.6 Å². The van der Waals surface area contributed by atoms with Crippen LogP contribution in [-0.4, -0.2) is 28.8 Å². The van der Waals surface area contributed by atoms with E-state index < -0.39 is 0 Å². The molecule has 19 heavy (non-hydrogen) atoms. The second kappa shape index (κ2) is 6.26. The maximum atomic E-state index is 11.9. The zero-order valence-electron chi connectivity index (χ0n) is 10.6. The predicted octanol–water partition coefficient (Wildman–Crippen LogP) is 2.33. The molecule has 3 N–H and O–H groups in total. The van der Waals surface area contributed by atoms with Gasteiger partial charge >= 0.3 is 0 Å². The first-order chi connectivity index (χ1) is 9.06. The van der Waals surface area contributed by atoms with Crippen molar-refractivity contribution >= 4 is 17.5 Å². The first-order valence-electron chi connectivity index (χ1n) is 6.51. The van der Waals surface area contributed by atoms with Crippen LogP contribution in [0.2, 0.25) is 5.02 Å². The molecule has 1 amide bonds. The number of phenolic OH excluding ortho intramolecular Hbond substituents is 1. The molecule has 0 saturated heterocycles. The molecule has 0 aliphatic heterocycles. The van der Waals surface area contributed by atoms with Crippen LogP contribution in [0.25, 0.3) is 0 Å². The molecule has 0 bridgehead atoms. The second-order valence-corrected chi connectivity index (χ2v) is 5.47. The van der Waals surface area contributed by atoms with Gasteiger partial charge in [-0.3, -0.25) is 4.79 Å². The maximum Gasteiger partial charge on any atom is 0.251 e. The van der Waals surface area contributed by atoms with E-state index in [1.165, 1.54) is 18.2 Å². The second-order valence-electron chi connectivity index (χ2n) is 5.06. The third kappa shape index (κ3) is 3.85. The third-order valence-electron chi connectivity index (χ3n) is 3.52. The lowest BCUT2D eigenvalue weighted by Crippen LogP contribution is -2.32. The molecule has 5 heteroatoms. The number of phenols is 1. The fraction of sp³-hybridized carbons (Fsp3) is 0.500. The van der Waals surface area contributed by atoms with Gasteiger partial charge in [-0.15, -0.1) is 0 Å². The van der Waals surface area contributed by atoms with E-state index in [1.807, 2.05) is 0 Å². The Morgan fingerprint density at radius 2 is 2.21 bits per heavy atom. The lowest BCUT2D eigenvalue weighted by molar-refractivity contribution is 0.0874. The molecule has 4 nitrogen and oxygen atoms in total. The van der Waals surface area contributed by atoms with Crippen molar-refractivity contribution in [3.05, 3.63) is 28.8 Å². The Kier molecular flexibility index (Phi) is 4.66. The molecule has 0 heterocycles. The Morgan fingerprint density at radius 1 is 1.42 bits per heavy atom. The zero-order valence-corrected chi connectivity index (χ0v) is 11.4. The smallest absolute Gasteiger partial charge is 0.251 e. The van der Waals surface area contributed by atoms with Crippen LogP contribution in [0, 0.1) is 5.92 Å². The van der Waals surface area contributed by atoms with Crippen molar-refractivity contribution in [1.82, 2.24) is 5.32 Å². The highest BCUT2D eigenvalue weighted by molar-refractivity contribution is 6.32. The zero-order chi connectivity index (χ0) is 13.8. The minimum Gasteiger partial charge on any atom is -0.506 e. The van der Waals surface area contributed by atoms with Gasteiger partial charge in [-0.25, -0.2) is 0 Å². The SMILES string of the molecule is O=C(NCC1CCCC(O)C1)c1ccc(O)c(Cl)c1. The molecular weight excluding hydrogens is 266 g/mol. The number of benzene rings is 1. The number of halogens is 1. The number of hydrogen-bond donors (Lipinski definition) is 3. The van der Waals surface area contributed by atoms with Crippen LogP contribution in [0.15, 0.2) is 18.2 Å². The van der Waals surface area contributed by atoms with Gasteiger partial charge in [0, 0.05) is 12.1 Å². The highest BCUT2D eigenvalue weighted by Crippen LogP contribution is 2.25. The third-order valence-corrected chi connectivity index (χ3v) is 3.82. The minimum absolute atomic E-state index is 0.0337. The first kappa shape index (κ1) is 14.2. The van der Waals surface area contributed by atoms with Gasteiger partial charge in [-0.05, 0) is 43.4 Å². The predicted molar refractivity (Wildman–Crippen MR) is 73.4 cm³/mol. The van der Waals surface area contributed by atoms with Crippen molar-refractivity contribution in [2.24, 2.45) is 5.92 Å². The molecule has 1 aromatic rings. The van der Waals surface area contributed by atoms with Crippen molar-refractivity contribution in [2.45, 2.75) is 31.8 Å². The summed E-state index contributed by atoms with van der Waals surface area (Å²) in [5.41, 5.74) is 0.430. The van der Waals surface area contributed by atoms with E-state index in [1.54, 1.807) is 0 Å². The lowest BCUT2D eigenvalue weighted by Gasteiger charge is -2.25. The summed E-state index contributed by atoms with van der Waals surface area (Å²) < 4.78 is 0. The van der Waals surface area contributed by atoms with E-state index in [0.29, 0.717) is 18.0 Å². The Balaban J connectivity index is 1.88. The molecule has 1 aromatic carbocycles. The summed E-state index contributed by atoms with van der Waals surface area (Å²) >= 11 is 5.76. The van der Waals surface area contributed by atoms with Crippen LogP contribution < -0.4 is 5.32 Å². The number of hydrogen-bond acceptors (Lipinski definition) is 3. The maximum absolute atomic E-state index is 11.9. The highest BCUT2D eigenvalue weighted by Gasteiger charge is 2.20. The molecule has 1 saturated carbocycles. The normalized spacial score (nSPS) is 23.1.